The lowest BCUT2D eigenvalue weighted by atomic mass is 10.0. The quantitative estimate of drug-likeness (QED) is 0.573. The van der Waals surface area contributed by atoms with Gasteiger partial charge in [0, 0.05) is 34.6 Å². The van der Waals surface area contributed by atoms with Crippen molar-refractivity contribution in [2.45, 2.75) is 25.8 Å². The lowest BCUT2D eigenvalue weighted by Crippen LogP contribution is -2.45. The molecule has 0 aliphatic carbocycles. The molecule has 0 aromatic rings. The van der Waals surface area contributed by atoms with E-state index in [-0.39, 0.29) is 5.54 Å². The van der Waals surface area contributed by atoms with Crippen molar-refractivity contribution < 1.29 is 4.79 Å². The van der Waals surface area contributed by atoms with Crippen molar-refractivity contribution in [3.63, 3.8) is 0 Å². The second-order valence-corrected chi connectivity index (χ2v) is 3.36. The summed E-state index contributed by atoms with van der Waals surface area (Å²) in [4.78, 5) is 10.4. The predicted octanol–water partition coefficient (Wildman–Crippen LogP) is 1.22. The Balaban J connectivity index is 3.96. The van der Waals surface area contributed by atoms with Crippen LogP contribution in [0.1, 0.15) is 20.3 Å². The predicted molar refractivity (Wildman–Crippen MR) is 53.2 cm³/mol. The Morgan fingerprint density at radius 3 is 2.64 bits per heavy atom. The van der Waals surface area contributed by atoms with Gasteiger partial charge in [-0.15, -0.1) is 0 Å². The first-order chi connectivity index (χ1) is 4.98. The van der Waals surface area contributed by atoms with Gasteiger partial charge < -0.3 is 11.1 Å². The smallest absolute Gasteiger partial charge is 0.312 e. The van der Waals surface area contributed by atoms with Crippen LogP contribution in [-0.2, 0) is 0 Å². The van der Waals surface area contributed by atoms with Gasteiger partial charge >= 0.3 is 6.03 Å². The largest absolute Gasteiger partial charge is 0.352 e. The Bertz CT molecular complexity index is 202. The van der Waals surface area contributed by atoms with Gasteiger partial charge in [-0.1, -0.05) is 5.92 Å². The molecule has 0 bridgehead atoms. The van der Waals surface area contributed by atoms with Gasteiger partial charge in [0.2, 0.25) is 0 Å². The molecule has 0 rings (SSSR count). The number of amides is 2. The maximum Gasteiger partial charge on any atom is 0.312 e. The number of rotatable bonds is 2. The molecular formula is C7H11IN2O. The van der Waals surface area contributed by atoms with Crippen molar-refractivity contribution in [3.8, 4) is 9.85 Å². The number of halogens is 1. The Labute approximate surface area is 80.2 Å². The minimum atomic E-state index is -0.509. The van der Waals surface area contributed by atoms with E-state index in [0.29, 0.717) is 6.42 Å². The summed E-state index contributed by atoms with van der Waals surface area (Å²) < 4.78 is 2.72. The zero-order chi connectivity index (χ0) is 8.91. The normalized spacial score (nSPS) is 9.73. The highest BCUT2D eigenvalue weighted by molar-refractivity contribution is 14.1. The first kappa shape index (κ1) is 10.6. The van der Waals surface area contributed by atoms with Crippen LogP contribution in [0.5, 0.6) is 0 Å². The molecule has 0 spiro atoms. The fourth-order valence-corrected chi connectivity index (χ4v) is 0.823. The third-order valence-corrected chi connectivity index (χ3v) is 1.44. The van der Waals surface area contributed by atoms with Gasteiger partial charge in [-0.05, 0) is 17.8 Å². The van der Waals surface area contributed by atoms with Crippen LogP contribution in [0.2, 0.25) is 0 Å². The molecule has 0 aliphatic heterocycles. The molecule has 0 aromatic carbocycles. The van der Waals surface area contributed by atoms with E-state index in [1.807, 2.05) is 36.4 Å². The van der Waals surface area contributed by atoms with Crippen LogP contribution in [0.3, 0.4) is 0 Å². The van der Waals surface area contributed by atoms with E-state index < -0.39 is 6.03 Å². The zero-order valence-corrected chi connectivity index (χ0v) is 8.73. The zero-order valence-electron chi connectivity index (χ0n) is 6.57. The van der Waals surface area contributed by atoms with E-state index in [4.69, 9.17) is 5.73 Å². The summed E-state index contributed by atoms with van der Waals surface area (Å²) in [5.41, 5.74) is 4.62. The molecule has 0 aliphatic rings. The molecule has 0 unspecified atom stereocenters. The minimum absolute atomic E-state index is 0.329. The Hall–Kier alpha value is -0.440. The van der Waals surface area contributed by atoms with Crippen LogP contribution in [0.4, 0.5) is 4.79 Å². The Morgan fingerprint density at radius 1 is 1.73 bits per heavy atom. The number of hydrogen-bond acceptors (Lipinski definition) is 1. The highest BCUT2D eigenvalue weighted by Crippen LogP contribution is 2.06. The summed E-state index contributed by atoms with van der Waals surface area (Å²) in [5.74, 6) is 2.86. The van der Waals surface area contributed by atoms with E-state index in [1.54, 1.807) is 0 Å². The molecule has 0 radical (unpaired) electrons. The summed E-state index contributed by atoms with van der Waals surface area (Å²) in [5, 5.41) is 2.59. The van der Waals surface area contributed by atoms with Crippen molar-refractivity contribution >= 4 is 28.6 Å². The minimum Gasteiger partial charge on any atom is -0.352 e. The van der Waals surface area contributed by atoms with E-state index in [2.05, 4.69) is 15.2 Å². The molecule has 0 saturated heterocycles. The molecule has 0 aromatic heterocycles. The van der Waals surface area contributed by atoms with Crippen molar-refractivity contribution in [2.75, 3.05) is 0 Å². The summed E-state index contributed by atoms with van der Waals surface area (Å²) in [6.07, 6.45) is 0.610. The van der Waals surface area contributed by atoms with E-state index in [1.165, 1.54) is 0 Å². The van der Waals surface area contributed by atoms with Gasteiger partial charge in [0.05, 0.1) is 0 Å². The summed E-state index contributed by atoms with van der Waals surface area (Å²) in [6, 6.07) is -0.509. The molecule has 3 nitrogen and oxygen atoms in total. The van der Waals surface area contributed by atoms with Gasteiger partial charge in [0.25, 0.3) is 0 Å². The monoisotopic (exact) mass is 266 g/mol. The molecule has 3 N–H and O–H groups in total. The van der Waals surface area contributed by atoms with Crippen molar-refractivity contribution in [3.05, 3.63) is 0 Å². The highest BCUT2D eigenvalue weighted by Gasteiger charge is 2.16. The average Bonchev–Trinajstić information content (AvgIpc) is 1.81. The lowest BCUT2D eigenvalue weighted by molar-refractivity contribution is 0.239. The van der Waals surface area contributed by atoms with Gasteiger partial charge in [-0.25, -0.2) is 4.79 Å². The highest BCUT2D eigenvalue weighted by atomic mass is 127. The van der Waals surface area contributed by atoms with Crippen molar-refractivity contribution in [1.82, 2.24) is 5.32 Å². The van der Waals surface area contributed by atoms with E-state index in [0.717, 1.165) is 0 Å². The molecular weight excluding hydrogens is 255 g/mol. The first-order valence-electron chi connectivity index (χ1n) is 3.14. The second-order valence-electron chi connectivity index (χ2n) is 2.82. The lowest BCUT2D eigenvalue weighted by Gasteiger charge is -2.21. The molecule has 11 heavy (non-hydrogen) atoms. The maximum absolute atomic E-state index is 10.4. The topological polar surface area (TPSA) is 55.1 Å². The van der Waals surface area contributed by atoms with E-state index in [9.17, 15) is 4.79 Å². The number of nitrogens with two attached hydrogens (primary N) is 1. The molecule has 0 atom stereocenters. The number of carbonyl (C=O) groups excluding carboxylic acids is 1. The third-order valence-electron chi connectivity index (χ3n) is 1.06. The standard InChI is InChI=1S/C7H11IN2O/c1-7(2,4-3-5-8)10-6(9)11/h4H2,1-2H3,(H3,9,10,11). The molecule has 2 amide bonds. The summed E-state index contributed by atoms with van der Waals surface area (Å²) in [7, 11) is 0. The number of urea groups is 1. The van der Waals surface area contributed by atoms with Crippen LogP contribution < -0.4 is 11.1 Å². The molecule has 4 heteroatoms. The van der Waals surface area contributed by atoms with Crippen LogP contribution in [0, 0.1) is 9.85 Å². The number of nitrogens with one attached hydrogen (secondary N) is 1. The van der Waals surface area contributed by atoms with Gasteiger partial charge in [-0.2, -0.15) is 0 Å². The van der Waals surface area contributed by atoms with Crippen molar-refractivity contribution in [1.29, 1.82) is 0 Å². The van der Waals surface area contributed by atoms with Gasteiger partial charge in [-0.3, -0.25) is 0 Å². The Kier molecular flexibility index (Phi) is 4.26. The summed E-state index contributed by atoms with van der Waals surface area (Å²) >= 11 is 1.96. The fourth-order valence-electron chi connectivity index (χ4n) is 0.632. The van der Waals surface area contributed by atoms with Crippen LogP contribution >= 0.6 is 22.6 Å². The van der Waals surface area contributed by atoms with Gasteiger partial charge in [0.15, 0.2) is 0 Å². The number of primary amides is 1. The molecule has 0 heterocycles. The maximum atomic E-state index is 10.4. The van der Waals surface area contributed by atoms with Crippen LogP contribution in [-0.4, -0.2) is 11.6 Å². The second kappa shape index (κ2) is 4.44. The van der Waals surface area contributed by atoms with E-state index >= 15 is 0 Å². The summed E-state index contributed by atoms with van der Waals surface area (Å²) in [6.45, 7) is 3.75. The number of hydrogen-bond donors (Lipinski definition) is 2. The van der Waals surface area contributed by atoms with Crippen molar-refractivity contribution in [2.24, 2.45) is 5.73 Å². The molecule has 62 valence electrons. The first-order valence-corrected chi connectivity index (χ1v) is 4.22. The van der Waals surface area contributed by atoms with Crippen LogP contribution in [0.15, 0.2) is 0 Å². The van der Waals surface area contributed by atoms with Crippen LogP contribution in [0.25, 0.3) is 0 Å². The Morgan fingerprint density at radius 2 is 2.27 bits per heavy atom. The fraction of sp³-hybridized carbons (Fsp3) is 0.571. The third kappa shape index (κ3) is 5.98. The SMILES string of the molecule is CC(C)(CC#CI)NC(N)=O. The number of carbonyl (C=O) groups is 1. The molecule has 0 saturated carbocycles. The van der Waals surface area contributed by atoms with Gasteiger partial charge in [0.1, 0.15) is 0 Å². The average molecular weight is 266 g/mol. The molecule has 0 fully saturated rings.